The zero-order valence-electron chi connectivity index (χ0n) is 16.2. The predicted octanol–water partition coefficient (Wildman–Crippen LogP) is 4.34. The molecule has 158 valence electrons. The van der Waals surface area contributed by atoms with E-state index in [0.717, 1.165) is 17.8 Å². The summed E-state index contributed by atoms with van der Waals surface area (Å²) in [5, 5.41) is 11.0. The summed E-state index contributed by atoms with van der Waals surface area (Å²) in [4.78, 5) is 12.8. The van der Waals surface area contributed by atoms with E-state index in [4.69, 9.17) is 4.74 Å². The van der Waals surface area contributed by atoms with E-state index in [0.29, 0.717) is 5.69 Å². The standard InChI is InChI=1S/C21H16F3N5O2/c1-31-18-13-29(16-7-2-5-14(11-16)21(22,23)24)27-19(18)20(30)26-15-6-3-8-17(12-15)28-10-4-9-25-28/h2-13H,1H3,(H,26,30). The number of nitrogens with one attached hydrogen (secondary N) is 1. The molecular weight excluding hydrogens is 411 g/mol. The summed E-state index contributed by atoms with van der Waals surface area (Å²) in [6.07, 6.45) is 0.259. The van der Waals surface area contributed by atoms with Gasteiger partial charge in [0.05, 0.1) is 30.2 Å². The normalized spacial score (nSPS) is 11.4. The van der Waals surface area contributed by atoms with Gasteiger partial charge in [0, 0.05) is 18.1 Å². The highest BCUT2D eigenvalue weighted by atomic mass is 19.4. The van der Waals surface area contributed by atoms with Gasteiger partial charge in [0.25, 0.3) is 5.91 Å². The van der Waals surface area contributed by atoms with Crippen molar-refractivity contribution in [1.29, 1.82) is 0 Å². The first kappa shape index (κ1) is 20.2. The van der Waals surface area contributed by atoms with Crippen LogP contribution in [0.4, 0.5) is 18.9 Å². The summed E-state index contributed by atoms with van der Waals surface area (Å²) < 4.78 is 47.1. The molecule has 0 bridgehead atoms. The average Bonchev–Trinajstić information content (AvgIpc) is 3.43. The number of carbonyl (C=O) groups excluding carboxylic acids is 1. The van der Waals surface area contributed by atoms with Gasteiger partial charge in [-0.25, -0.2) is 9.36 Å². The van der Waals surface area contributed by atoms with Crippen LogP contribution in [0.5, 0.6) is 5.75 Å². The van der Waals surface area contributed by atoms with Crippen molar-refractivity contribution in [2.24, 2.45) is 0 Å². The lowest BCUT2D eigenvalue weighted by Crippen LogP contribution is -2.14. The number of aromatic nitrogens is 4. The molecule has 0 aliphatic rings. The molecule has 2 aromatic carbocycles. The molecule has 0 unspecified atom stereocenters. The minimum atomic E-state index is -4.49. The number of anilines is 1. The van der Waals surface area contributed by atoms with Crippen LogP contribution in [0.25, 0.3) is 11.4 Å². The van der Waals surface area contributed by atoms with Gasteiger partial charge in [-0.05, 0) is 42.5 Å². The summed E-state index contributed by atoms with van der Waals surface area (Å²) in [7, 11) is 1.35. The highest BCUT2D eigenvalue weighted by Gasteiger charge is 2.30. The Morgan fingerprint density at radius 1 is 1.03 bits per heavy atom. The lowest BCUT2D eigenvalue weighted by Gasteiger charge is -2.08. The van der Waals surface area contributed by atoms with Crippen LogP contribution in [-0.2, 0) is 6.18 Å². The Kier molecular flexibility index (Phi) is 5.20. The molecule has 0 saturated carbocycles. The van der Waals surface area contributed by atoms with Gasteiger partial charge >= 0.3 is 6.18 Å². The molecule has 0 atom stereocenters. The summed E-state index contributed by atoms with van der Waals surface area (Å²) in [6, 6.07) is 13.4. The smallest absolute Gasteiger partial charge is 0.416 e. The number of carbonyl (C=O) groups is 1. The maximum absolute atomic E-state index is 13.0. The van der Waals surface area contributed by atoms with Crippen molar-refractivity contribution in [3.05, 3.63) is 84.4 Å². The molecule has 0 saturated heterocycles. The third kappa shape index (κ3) is 4.27. The van der Waals surface area contributed by atoms with Crippen LogP contribution >= 0.6 is 0 Å². The number of nitrogens with zero attached hydrogens (tertiary/aromatic N) is 4. The highest BCUT2D eigenvalue weighted by molar-refractivity contribution is 6.04. The number of hydrogen-bond acceptors (Lipinski definition) is 4. The molecule has 0 aliphatic heterocycles. The van der Waals surface area contributed by atoms with E-state index < -0.39 is 17.6 Å². The first-order valence-electron chi connectivity index (χ1n) is 9.08. The Bertz CT molecular complexity index is 1220. The van der Waals surface area contributed by atoms with Crippen molar-refractivity contribution in [2.45, 2.75) is 6.18 Å². The molecule has 0 aliphatic carbocycles. The van der Waals surface area contributed by atoms with Gasteiger partial charge in [-0.3, -0.25) is 4.79 Å². The van der Waals surface area contributed by atoms with Gasteiger partial charge in [0.15, 0.2) is 11.4 Å². The van der Waals surface area contributed by atoms with E-state index in [9.17, 15) is 18.0 Å². The molecule has 2 aromatic heterocycles. The van der Waals surface area contributed by atoms with Crippen molar-refractivity contribution < 1.29 is 22.7 Å². The monoisotopic (exact) mass is 427 g/mol. The molecule has 10 heteroatoms. The van der Waals surface area contributed by atoms with Crippen LogP contribution in [0.1, 0.15) is 16.1 Å². The van der Waals surface area contributed by atoms with E-state index in [-0.39, 0.29) is 17.1 Å². The Morgan fingerprint density at radius 2 is 1.77 bits per heavy atom. The Hall–Kier alpha value is -4.08. The minimum absolute atomic E-state index is 0.0654. The van der Waals surface area contributed by atoms with E-state index >= 15 is 0 Å². The fourth-order valence-electron chi connectivity index (χ4n) is 2.96. The van der Waals surface area contributed by atoms with Crippen LogP contribution in [0.2, 0.25) is 0 Å². The molecule has 0 spiro atoms. The van der Waals surface area contributed by atoms with Crippen LogP contribution in [-0.4, -0.2) is 32.6 Å². The second-order valence-electron chi connectivity index (χ2n) is 6.49. The number of amides is 1. The Balaban J connectivity index is 1.61. The molecular formula is C21H16F3N5O2. The molecule has 4 rings (SSSR count). The number of halogens is 3. The van der Waals surface area contributed by atoms with Gasteiger partial charge in [0.1, 0.15) is 0 Å². The Labute approximate surface area is 174 Å². The van der Waals surface area contributed by atoms with Gasteiger partial charge in [-0.15, -0.1) is 0 Å². The van der Waals surface area contributed by atoms with Crippen molar-refractivity contribution >= 4 is 11.6 Å². The topological polar surface area (TPSA) is 74.0 Å². The van der Waals surface area contributed by atoms with E-state index in [1.807, 2.05) is 6.07 Å². The third-order valence-electron chi connectivity index (χ3n) is 4.43. The molecule has 7 nitrogen and oxygen atoms in total. The van der Waals surface area contributed by atoms with Crippen molar-refractivity contribution in [2.75, 3.05) is 12.4 Å². The number of ether oxygens (including phenoxy) is 1. The number of rotatable bonds is 5. The van der Waals surface area contributed by atoms with Gasteiger partial charge in [-0.1, -0.05) is 12.1 Å². The van der Waals surface area contributed by atoms with Crippen molar-refractivity contribution in [1.82, 2.24) is 19.6 Å². The molecule has 0 fully saturated rings. The zero-order chi connectivity index (χ0) is 22.0. The summed E-state index contributed by atoms with van der Waals surface area (Å²) >= 11 is 0. The molecule has 1 amide bonds. The number of methoxy groups -OCH3 is 1. The molecule has 4 aromatic rings. The van der Waals surface area contributed by atoms with Crippen molar-refractivity contribution in [3.8, 4) is 17.1 Å². The molecule has 1 N–H and O–H groups in total. The lowest BCUT2D eigenvalue weighted by molar-refractivity contribution is -0.137. The summed E-state index contributed by atoms with van der Waals surface area (Å²) in [5.41, 5.74) is 0.496. The Morgan fingerprint density at radius 3 is 2.45 bits per heavy atom. The van der Waals surface area contributed by atoms with Gasteiger partial charge < -0.3 is 10.1 Å². The number of alkyl halides is 3. The van der Waals surface area contributed by atoms with Crippen molar-refractivity contribution in [3.63, 3.8) is 0 Å². The highest BCUT2D eigenvalue weighted by Crippen LogP contribution is 2.31. The third-order valence-corrected chi connectivity index (χ3v) is 4.43. The average molecular weight is 427 g/mol. The van der Waals surface area contributed by atoms with E-state index in [2.05, 4.69) is 15.5 Å². The van der Waals surface area contributed by atoms with Gasteiger partial charge in [-0.2, -0.15) is 23.4 Å². The second kappa shape index (κ2) is 7.98. The molecule has 0 radical (unpaired) electrons. The predicted molar refractivity (Wildman–Crippen MR) is 107 cm³/mol. The zero-order valence-corrected chi connectivity index (χ0v) is 16.2. The quantitative estimate of drug-likeness (QED) is 0.514. The summed E-state index contributed by atoms with van der Waals surface area (Å²) in [5.74, 6) is -0.446. The summed E-state index contributed by atoms with van der Waals surface area (Å²) in [6.45, 7) is 0. The van der Waals surface area contributed by atoms with E-state index in [1.165, 1.54) is 30.1 Å². The van der Waals surface area contributed by atoms with E-state index in [1.54, 1.807) is 41.3 Å². The number of hydrogen-bond donors (Lipinski definition) is 1. The lowest BCUT2D eigenvalue weighted by atomic mass is 10.2. The fourth-order valence-corrected chi connectivity index (χ4v) is 2.96. The molecule has 2 heterocycles. The van der Waals surface area contributed by atoms with Crippen LogP contribution in [0.3, 0.4) is 0 Å². The fraction of sp³-hybridized carbons (Fsp3) is 0.0952. The minimum Gasteiger partial charge on any atom is -0.493 e. The maximum Gasteiger partial charge on any atom is 0.416 e. The van der Waals surface area contributed by atoms with Crippen LogP contribution < -0.4 is 10.1 Å². The molecule has 31 heavy (non-hydrogen) atoms. The largest absolute Gasteiger partial charge is 0.493 e. The van der Waals surface area contributed by atoms with Gasteiger partial charge in [0.2, 0.25) is 0 Å². The SMILES string of the molecule is COc1cn(-c2cccc(C(F)(F)F)c2)nc1C(=O)Nc1cccc(-n2cccn2)c1. The first-order chi connectivity index (χ1) is 14.8. The second-order valence-corrected chi connectivity index (χ2v) is 6.49. The van der Waals surface area contributed by atoms with Crippen LogP contribution in [0, 0.1) is 0 Å². The van der Waals surface area contributed by atoms with Crippen LogP contribution in [0.15, 0.2) is 73.2 Å². The maximum atomic E-state index is 13.0. The number of benzene rings is 2. The first-order valence-corrected chi connectivity index (χ1v) is 9.08.